The summed E-state index contributed by atoms with van der Waals surface area (Å²) in [5.74, 6) is 1.31. The number of aromatic nitrogens is 1. The summed E-state index contributed by atoms with van der Waals surface area (Å²) in [4.78, 5) is 17.7. The van der Waals surface area contributed by atoms with Gasteiger partial charge in [-0.3, -0.25) is 9.69 Å². The first-order chi connectivity index (χ1) is 9.16. The van der Waals surface area contributed by atoms with Crippen molar-refractivity contribution in [3.8, 4) is 0 Å². The van der Waals surface area contributed by atoms with Crippen molar-refractivity contribution in [1.82, 2.24) is 15.2 Å². The third kappa shape index (κ3) is 4.33. The lowest BCUT2D eigenvalue weighted by Gasteiger charge is -2.25. The molecule has 1 aliphatic heterocycles. The van der Waals surface area contributed by atoms with Gasteiger partial charge in [0.1, 0.15) is 11.0 Å². The highest BCUT2D eigenvalue weighted by Crippen LogP contribution is 2.13. The van der Waals surface area contributed by atoms with E-state index in [9.17, 15) is 9.18 Å². The molecule has 104 valence electrons. The molecule has 2 heterocycles. The van der Waals surface area contributed by atoms with Crippen LogP contribution in [0.4, 0.5) is 4.39 Å². The van der Waals surface area contributed by atoms with Crippen molar-refractivity contribution in [1.29, 1.82) is 0 Å². The molecule has 0 radical (unpaired) electrons. The quantitative estimate of drug-likeness (QED) is 0.859. The van der Waals surface area contributed by atoms with Crippen LogP contribution in [0, 0.1) is 5.82 Å². The van der Waals surface area contributed by atoms with Gasteiger partial charge in [0.05, 0.1) is 11.8 Å². The predicted molar refractivity (Wildman–Crippen MR) is 75.3 cm³/mol. The number of pyridine rings is 1. The van der Waals surface area contributed by atoms with E-state index in [-0.39, 0.29) is 16.6 Å². The van der Waals surface area contributed by atoms with Crippen molar-refractivity contribution >= 4 is 29.3 Å². The molecule has 0 atom stereocenters. The molecule has 1 N–H and O–H groups in total. The molecule has 1 amide bonds. The van der Waals surface area contributed by atoms with Gasteiger partial charge in [0.15, 0.2) is 0 Å². The summed E-state index contributed by atoms with van der Waals surface area (Å²) in [5, 5.41) is 2.76. The third-order valence-corrected chi connectivity index (χ3v) is 4.11. The first kappa shape index (κ1) is 14.6. The lowest BCUT2D eigenvalue weighted by atomic mass is 10.2. The number of rotatable bonds is 4. The molecule has 0 unspecified atom stereocenters. The Labute approximate surface area is 120 Å². The Morgan fingerprint density at radius 2 is 2.26 bits per heavy atom. The van der Waals surface area contributed by atoms with Gasteiger partial charge in [0.25, 0.3) is 5.91 Å². The Morgan fingerprint density at radius 3 is 3.00 bits per heavy atom. The largest absolute Gasteiger partial charge is 0.351 e. The van der Waals surface area contributed by atoms with Crippen LogP contribution in [0.3, 0.4) is 0 Å². The minimum Gasteiger partial charge on any atom is -0.351 e. The lowest BCUT2D eigenvalue weighted by molar-refractivity contribution is 0.0948. The number of carbonyl (C=O) groups is 1. The summed E-state index contributed by atoms with van der Waals surface area (Å²) in [6, 6.07) is 1.10. The molecule has 19 heavy (non-hydrogen) atoms. The van der Waals surface area contributed by atoms with Crippen molar-refractivity contribution in [3.63, 3.8) is 0 Å². The molecule has 0 aromatic carbocycles. The van der Waals surface area contributed by atoms with Gasteiger partial charge in [-0.2, -0.15) is 11.8 Å². The maximum absolute atomic E-state index is 13.0. The maximum atomic E-state index is 13.0. The van der Waals surface area contributed by atoms with Crippen LogP contribution in [0.15, 0.2) is 12.3 Å². The summed E-state index contributed by atoms with van der Waals surface area (Å²) in [6.07, 6.45) is 0.991. The highest BCUT2D eigenvalue weighted by molar-refractivity contribution is 7.99. The molecular weight excluding hydrogens is 289 g/mol. The molecule has 0 saturated carbocycles. The fraction of sp³-hybridized carbons (Fsp3) is 0.500. The standard InChI is InChI=1S/C12H15ClFN3OS/c13-11-10(7-9(14)8-16-11)12(18)15-1-2-17-3-5-19-6-4-17/h7-8H,1-6H2,(H,15,18). The molecule has 0 bridgehead atoms. The fourth-order valence-electron chi connectivity index (χ4n) is 1.83. The average Bonchev–Trinajstić information content (AvgIpc) is 2.42. The van der Waals surface area contributed by atoms with Crippen LogP contribution >= 0.6 is 23.4 Å². The predicted octanol–water partition coefficient (Wildman–Crippen LogP) is 1.65. The Bertz CT molecular complexity index is 455. The van der Waals surface area contributed by atoms with E-state index in [4.69, 9.17) is 11.6 Å². The molecule has 2 rings (SSSR count). The van der Waals surface area contributed by atoms with Crippen LogP contribution in [-0.2, 0) is 0 Å². The number of amides is 1. The lowest BCUT2D eigenvalue weighted by Crippen LogP contribution is -2.39. The molecule has 4 nitrogen and oxygen atoms in total. The fourth-order valence-corrected chi connectivity index (χ4v) is 3.00. The van der Waals surface area contributed by atoms with Crippen LogP contribution in [-0.4, -0.2) is 53.5 Å². The van der Waals surface area contributed by atoms with E-state index >= 15 is 0 Å². The molecule has 7 heteroatoms. The van der Waals surface area contributed by atoms with Crippen molar-refractivity contribution < 1.29 is 9.18 Å². The number of carbonyl (C=O) groups excluding carboxylic acids is 1. The third-order valence-electron chi connectivity index (χ3n) is 2.87. The van der Waals surface area contributed by atoms with Gasteiger partial charge in [0.2, 0.25) is 0 Å². The zero-order valence-corrected chi connectivity index (χ0v) is 11.9. The Hall–Kier alpha value is -0.850. The van der Waals surface area contributed by atoms with Crippen LogP contribution < -0.4 is 5.32 Å². The summed E-state index contributed by atoms with van der Waals surface area (Å²) in [6.45, 7) is 3.41. The van der Waals surface area contributed by atoms with Crippen LogP contribution in [0.2, 0.25) is 5.15 Å². The average molecular weight is 304 g/mol. The van der Waals surface area contributed by atoms with Gasteiger partial charge in [-0.25, -0.2) is 9.37 Å². The highest BCUT2D eigenvalue weighted by atomic mass is 35.5. The Balaban J connectivity index is 1.82. The Kier molecular flexibility index (Phi) is 5.42. The van der Waals surface area contributed by atoms with Crippen LogP contribution in [0.5, 0.6) is 0 Å². The molecule has 1 saturated heterocycles. The van der Waals surface area contributed by atoms with E-state index in [0.29, 0.717) is 6.54 Å². The minimum absolute atomic E-state index is 0.0215. The van der Waals surface area contributed by atoms with Gasteiger partial charge in [-0.05, 0) is 6.07 Å². The number of nitrogens with one attached hydrogen (secondary N) is 1. The van der Waals surface area contributed by atoms with Crippen molar-refractivity contribution in [2.45, 2.75) is 0 Å². The highest BCUT2D eigenvalue weighted by Gasteiger charge is 2.14. The number of hydrogen-bond acceptors (Lipinski definition) is 4. The Morgan fingerprint density at radius 1 is 1.53 bits per heavy atom. The molecule has 1 fully saturated rings. The molecule has 1 aromatic heterocycles. The van der Waals surface area contributed by atoms with Crippen molar-refractivity contribution in [2.24, 2.45) is 0 Å². The second kappa shape index (κ2) is 7.07. The van der Waals surface area contributed by atoms with Gasteiger partial charge in [0, 0.05) is 37.7 Å². The van der Waals surface area contributed by atoms with Gasteiger partial charge in [-0.15, -0.1) is 0 Å². The second-order valence-electron chi connectivity index (χ2n) is 4.20. The van der Waals surface area contributed by atoms with Crippen molar-refractivity contribution in [2.75, 3.05) is 37.7 Å². The molecule has 0 aliphatic carbocycles. The zero-order chi connectivity index (χ0) is 13.7. The van der Waals surface area contributed by atoms with Gasteiger partial charge < -0.3 is 5.32 Å². The topological polar surface area (TPSA) is 45.2 Å². The monoisotopic (exact) mass is 303 g/mol. The molecule has 1 aliphatic rings. The summed E-state index contributed by atoms with van der Waals surface area (Å²) < 4.78 is 13.0. The molecule has 1 aromatic rings. The van der Waals surface area contributed by atoms with Gasteiger partial charge >= 0.3 is 0 Å². The van der Waals surface area contributed by atoms with Crippen LogP contribution in [0.25, 0.3) is 0 Å². The minimum atomic E-state index is -0.567. The summed E-state index contributed by atoms with van der Waals surface area (Å²) in [5.41, 5.74) is 0.0795. The number of hydrogen-bond donors (Lipinski definition) is 1. The van der Waals surface area contributed by atoms with E-state index in [1.54, 1.807) is 0 Å². The van der Waals surface area contributed by atoms with E-state index < -0.39 is 5.82 Å². The summed E-state index contributed by atoms with van der Waals surface area (Å²) >= 11 is 7.71. The van der Waals surface area contributed by atoms with E-state index in [0.717, 1.165) is 43.4 Å². The molecular formula is C12H15ClFN3OS. The second-order valence-corrected chi connectivity index (χ2v) is 5.78. The number of thioether (sulfide) groups is 1. The SMILES string of the molecule is O=C(NCCN1CCSCC1)c1cc(F)cnc1Cl. The maximum Gasteiger partial charge on any atom is 0.254 e. The number of halogens is 2. The first-order valence-corrected chi connectivity index (χ1v) is 7.59. The van der Waals surface area contributed by atoms with E-state index in [1.807, 2.05) is 11.8 Å². The molecule has 0 spiro atoms. The first-order valence-electron chi connectivity index (χ1n) is 6.06. The normalized spacial score (nSPS) is 16.3. The number of nitrogens with zero attached hydrogens (tertiary/aromatic N) is 2. The summed E-state index contributed by atoms with van der Waals surface area (Å²) in [7, 11) is 0. The van der Waals surface area contributed by atoms with Gasteiger partial charge in [-0.1, -0.05) is 11.6 Å². The van der Waals surface area contributed by atoms with Crippen molar-refractivity contribution in [3.05, 3.63) is 28.8 Å². The zero-order valence-electron chi connectivity index (χ0n) is 10.4. The van der Waals surface area contributed by atoms with Crippen LogP contribution in [0.1, 0.15) is 10.4 Å². The smallest absolute Gasteiger partial charge is 0.254 e. The van der Waals surface area contributed by atoms with E-state index in [2.05, 4.69) is 15.2 Å². The van der Waals surface area contributed by atoms with E-state index in [1.165, 1.54) is 0 Å².